The number of rotatable bonds is 5. The van der Waals surface area contributed by atoms with Gasteiger partial charge >= 0.3 is 0 Å². The maximum absolute atomic E-state index is 13.0. The molecule has 4 nitrogen and oxygen atoms in total. The summed E-state index contributed by atoms with van der Waals surface area (Å²) in [6.45, 7) is 4.60. The Labute approximate surface area is 140 Å². The van der Waals surface area contributed by atoms with Crippen LogP contribution in [0.3, 0.4) is 0 Å². The third kappa shape index (κ3) is 4.29. The molecule has 3 rings (SSSR count). The van der Waals surface area contributed by atoms with Gasteiger partial charge in [0.1, 0.15) is 23.3 Å². The Kier molecular flexibility index (Phi) is 4.70. The quantitative estimate of drug-likeness (QED) is 0.721. The zero-order valence-corrected chi connectivity index (χ0v) is 13.7. The fraction of sp³-hybridized carbons (Fsp3) is 0.158. The monoisotopic (exact) mass is 322 g/mol. The van der Waals surface area contributed by atoms with E-state index < -0.39 is 0 Å². The molecule has 5 heteroatoms. The standard InChI is InChI=1S/C19H19FN4/c1-13-4-3-5-15(10-13)12-21-18-11-19(23-14(2)22-18)24-17-8-6-16(20)7-9-17/h3-11H,12H2,1-2H3,(H2,21,22,23,24). The Morgan fingerprint density at radius 3 is 2.42 bits per heavy atom. The summed E-state index contributed by atoms with van der Waals surface area (Å²) in [5.41, 5.74) is 3.20. The number of halogens is 1. The molecule has 0 saturated heterocycles. The van der Waals surface area contributed by atoms with E-state index in [2.05, 4.69) is 45.7 Å². The first-order chi connectivity index (χ1) is 11.6. The van der Waals surface area contributed by atoms with Crippen molar-refractivity contribution in [3.05, 3.63) is 77.4 Å². The minimum Gasteiger partial charge on any atom is -0.366 e. The highest BCUT2D eigenvalue weighted by molar-refractivity contribution is 5.59. The van der Waals surface area contributed by atoms with Crippen LogP contribution in [0.2, 0.25) is 0 Å². The van der Waals surface area contributed by atoms with Crippen LogP contribution in [0.15, 0.2) is 54.6 Å². The molecule has 122 valence electrons. The van der Waals surface area contributed by atoms with Gasteiger partial charge < -0.3 is 10.6 Å². The van der Waals surface area contributed by atoms with Crippen molar-refractivity contribution in [1.82, 2.24) is 9.97 Å². The van der Waals surface area contributed by atoms with Gasteiger partial charge in [0.15, 0.2) is 0 Å². The van der Waals surface area contributed by atoms with Crippen LogP contribution < -0.4 is 10.6 Å². The summed E-state index contributed by atoms with van der Waals surface area (Å²) < 4.78 is 13.0. The molecule has 3 aromatic rings. The summed E-state index contributed by atoms with van der Waals surface area (Å²) in [6.07, 6.45) is 0. The molecule has 0 aliphatic rings. The second-order valence-electron chi connectivity index (χ2n) is 5.66. The number of aromatic nitrogens is 2. The van der Waals surface area contributed by atoms with E-state index >= 15 is 0 Å². The van der Waals surface area contributed by atoms with E-state index in [1.165, 1.54) is 23.3 Å². The molecular weight excluding hydrogens is 303 g/mol. The number of anilines is 3. The summed E-state index contributed by atoms with van der Waals surface area (Å²) in [4.78, 5) is 8.77. The van der Waals surface area contributed by atoms with Crippen molar-refractivity contribution >= 4 is 17.3 Å². The zero-order valence-electron chi connectivity index (χ0n) is 13.7. The van der Waals surface area contributed by atoms with Crippen molar-refractivity contribution in [2.24, 2.45) is 0 Å². The van der Waals surface area contributed by atoms with Gasteiger partial charge in [-0.05, 0) is 43.7 Å². The van der Waals surface area contributed by atoms with Crippen LogP contribution in [-0.2, 0) is 6.54 Å². The lowest BCUT2D eigenvalue weighted by molar-refractivity contribution is 0.628. The molecule has 0 unspecified atom stereocenters. The SMILES string of the molecule is Cc1cccc(CNc2cc(Nc3ccc(F)cc3)nc(C)n2)c1. The summed E-state index contributed by atoms with van der Waals surface area (Å²) in [5.74, 6) is 1.81. The fourth-order valence-corrected chi connectivity index (χ4v) is 2.42. The maximum Gasteiger partial charge on any atom is 0.136 e. The molecule has 0 amide bonds. The third-order valence-electron chi connectivity index (χ3n) is 3.51. The van der Waals surface area contributed by atoms with Gasteiger partial charge in [-0.25, -0.2) is 14.4 Å². The minimum absolute atomic E-state index is 0.264. The molecule has 0 aliphatic heterocycles. The smallest absolute Gasteiger partial charge is 0.136 e. The average molecular weight is 322 g/mol. The van der Waals surface area contributed by atoms with Crippen LogP contribution in [-0.4, -0.2) is 9.97 Å². The molecule has 2 N–H and O–H groups in total. The van der Waals surface area contributed by atoms with Crippen molar-refractivity contribution in [3.63, 3.8) is 0 Å². The molecule has 0 radical (unpaired) electrons. The van der Waals surface area contributed by atoms with Crippen LogP contribution in [0.25, 0.3) is 0 Å². The van der Waals surface area contributed by atoms with E-state index in [0.717, 1.165) is 11.5 Å². The number of nitrogens with one attached hydrogen (secondary N) is 2. The Morgan fingerprint density at radius 1 is 0.917 bits per heavy atom. The van der Waals surface area contributed by atoms with E-state index in [0.29, 0.717) is 18.2 Å². The van der Waals surface area contributed by atoms with Crippen molar-refractivity contribution in [1.29, 1.82) is 0 Å². The molecule has 0 spiro atoms. The molecule has 1 aromatic heterocycles. The molecular formula is C19H19FN4. The lowest BCUT2D eigenvalue weighted by Gasteiger charge is -2.10. The van der Waals surface area contributed by atoms with Crippen LogP contribution in [0.1, 0.15) is 17.0 Å². The fourth-order valence-electron chi connectivity index (χ4n) is 2.42. The Bertz CT molecular complexity index is 831. The first-order valence-electron chi connectivity index (χ1n) is 7.76. The number of nitrogens with zero attached hydrogens (tertiary/aromatic N) is 2. The average Bonchev–Trinajstić information content (AvgIpc) is 2.55. The van der Waals surface area contributed by atoms with Gasteiger partial charge in [-0.15, -0.1) is 0 Å². The Hall–Kier alpha value is -2.95. The Morgan fingerprint density at radius 2 is 1.67 bits per heavy atom. The molecule has 0 fully saturated rings. The topological polar surface area (TPSA) is 49.8 Å². The molecule has 0 aliphatic carbocycles. The first-order valence-corrected chi connectivity index (χ1v) is 7.76. The van der Waals surface area contributed by atoms with E-state index in [1.54, 1.807) is 12.1 Å². The normalized spacial score (nSPS) is 10.5. The largest absolute Gasteiger partial charge is 0.366 e. The summed E-state index contributed by atoms with van der Waals surface area (Å²) in [5, 5.41) is 6.48. The number of hydrogen-bond acceptors (Lipinski definition) is 4. The summed E-state index contributed by atoms with van der Waals surface area (Å²) in [7, 11) is 0. The molecule has 24 heavy (non-hydrogen) atoms. The lowest BCUT2D eigenvalue weighted by Crippen LogP contribution is -2.05. The predicted octanol–water partition coefficient (Wildman–Crippen LogP) is 4.59. The summed E-state index contributed by atoms with van der Waals surface area (Å²) >= 11 is 0. The zero-order chi connectivity index (χ0) is 16.9. The molecule has 0 bridgehead atoms. The van der Waals surface area contributed by atoms with Crippen molar-refractivity contribution in [3.8, 4) is 0 Å². The predicted molar refractivity (Wildman–Crippen MR) is 95.0 cm³/mol. The second kappa shape index (κ2) is 7.08. The van der Waals surface area contributed by atoms with Gasteiger partial charge in [0.05, 0.1) is 0 Å². The van der Waals surface area contributed by atoms with Gasteiger partial charge in [-0.2, -0.15) is 0 Å². The van der Waals surface area contributed by atoms with Crippen LogP contribution in [0.4, 0.5) is 21.7 Å². The van der Waals surface area contributed by atoms with E-state index in [4.69, 9.17) is 0 Å². The van der Waals surface area contributed by atoms with Gasteiger partial charge in [0.25, 0.3) is 0 Å². The number of aryl methyl sites for hydroxylation is 2. The van der Waals surface area contributed by atoms with Gasteiger partial charge in [-0.3, -0.25) is 0 Å². The van der Waals surface area contributed by atoms with E-state index in [9.17, 15) is 4.39 Å². The molecule has 1 heterocycles. The van der Waals surface area contributed by atoms with Crippen LogP contribution in [0.5, 0.6) is 0 Å². The molecule has 2 aromatic carbocycles. The maximum atomic E-state index is 13.0. The Balaban J connectivity index is 1.72. The highest BCUT2D eigenvalue weighted by atomic mass is 19.1. The lowest BCUT2D eigenvalue weighted by atomic mass is 10.1. The van der Waals surface area contributed by atoms with Crippen molar-refractivity contribution in [2.45, 2.75) is 20.4 Å². The molecule has 0 saturated carbocycles. The molecule has 0 atom stereocenters. The number of benzene rings is 2. The van der Waals surface area contributed by atoms with Crippen LogP contribution >= 0.6 is 0 Å². The van der Waals surface area contributed by atoms with Crippen molar-refractivity contribution in [2.75, 3.05) is 10.6 Å². The first kappa shape index (κ1) is 15.9. The van der Waals surface area contributed by atoms with E-state index in [-0.39, 0.29) is 5.82 Å². The van der Waals surface area contributed by atoms with Crippen LogP contribution in [0, 0.1) is 19.7 Å². The third-order valence-corrected chi connectivity index (χ3v) is 3.51. The summed E-state index contributed by atoms with van der Waals surface area (Å²) in [6, 6.07) is 16.3. The van der Waals surface area contributed by atoms with Gasteiger partial charge in [-0.1, -0.05) is 29.8 Å². The highest BCUT2D eigenvalue weighted by Gasteiger charge is 2.03. The number of hydrogen-bond donors (Lipinski definition) is 2. The van der Waals surface area contributed by atoms with E-state index in [1.807, 2.05) is 19.1 Å². The second-order valence-corrected chi connectivity index (χ2v) is 5.66. The minimum atomic E-state index is -0.264. The van der Waals surface area contributed by atoms with Gasteiger partial charge in [0.2, 0.25) is 0 Å². The van der Waals surface area contributed by atoms with Gasteiger partial charge in [0, 0.05) is 18.3 Å². The highest BCUT2D eigenvalue weighted by Crippen LogP contribution is 2.18. The van der Waals surface area contributed by atoms with Crippen molar-refractivity contribution < 1.29 is 4.39 Å².